The summed E-state index contributed by atoms with van der Waals surface area (Å²) in [4.78, 5) is 9.08. The lowest BCUT2D eigenvalue weighted by Crippen LogP contribution is -2.17. The van der Waals surface area contributed by atoms with Crippen LogP contribution in [0.2, 0.25) is 0 Å². The summed E-state index contributed by atoms with van der Waals surface area (Å²) < 4.78 is 0. The van der Waals surface area contributed by atoms with E-state index in [1.807, 2.05) is 6.92 Å². The van der Waals surface area contributed by atoms with Gasteiger partial charge in [0.25, 0.3) is 0 Å². The van der Waals surface area contributed by atoms with E-state index >= 15 is 0 Å². The van der Waals surface area contributed by atoms with Gasteiger partial charge in [-0.2, -0.15) is 0 Å². The zero-order valence-corrected chi connectivity index (χ0v) is 10.5. The Morgan fingerprint density at radius 3 is 2.75 bits per heavy atom. The van der Waals surface area contributed by atoms with Crippen molar-refractivity contribution >= 4 is 0 Å². The van der Waals surface area contributed by atoms with Gasteiger partial charge in [-0.1, -0.05) is 13.8 Å². The molecule has 0 spiro atoms. The third-order valence-electron chi connectivity index (χ3n) is 2.69. The van der Waals surface area contributed by atoms with Crippen LogP contribution >= 0.6 is 0 Å². The quantitative estimate of drug-likeness (QED) is 0.825. The van der Waals surface area contributed by atoms with Crippen molar-refractivity contribution in [3.8, 4) is 0 Å². The second-order valence-electron chi connectivity index (χ2n) is 5.17. The van der Waals surface area contributed by atoms with Gasteiger partial charge in [0.2, 0.25) is 0 Å². The van der Waals surface area contributed by atoms with Crippen molar-refractivity contribution in [1.29, 1.82) is 0 Å². The van der Waals surface area contributed by atoms with Crippen LogP contribution in [-0.2, 0) is 13.0 Å². The number of rotatable bonds is 5. The van der Waals surface area contributed by atoms with E-state index in [0.29, 0.717) is 5.92 Å². The molecule has 1 aliphatic rings. The largest absolute Gasteiger partial charge is 0.308 e. The van der Waals surface area contributed by atoms with Gasteiger partial charge in [-0.3, -0.25) is 0 Å². The number of nitrogens with one attached hydrogen (secondary N) is 1. The second kappa shape index (κ2) is 4.91. The molecule has 1 aliphatic carbocycles. The third-order valence-corrected chi connectivity index (χ3v) is 2.69. The summed E-state index contributed by atoms with van der Waals surface area (Å²) in [5, 5.41) is 3.49. The molecule has 3 heteroatoms. The van der Waals surface area contributed by atoms with Crippen molar-refractivity contribution in [2.24, 2.45) is 5.92 Å². The molecule has 1 fully saturated rings. The van der Waals surface area contributed by atoms with Crippen LogP contribution in [0, 0.1) is 12.8 Å². The van der Waals surface area contributed by atoms with Crippen molar-refractivity contribution in [3.63, 3.8) is 0 Å². The molecule has 0 radical (unpaired) electrons. The highest BCUT2D eigenvalue weighted by Gasteiger charge is 2.20. The minimum absolute atomic E-state index is 0.617. The first-order chi connectivity index (χ1) is 7.63. The van der Waals surface area contributed by atoms with Gasteiger partial charge in [-0.15, -0.1) is 0 Å². The smallest absolute Gasteiger partial charge is 0.129 e. The molecule has 1 N–H and O–H groups in total. The van der Waals surface area contributed by atoms with E-state index in [-0.39, 0.29) is 0 Å². The van der Waals surface area contributed by atoms with Crippen LogP contribution in [0.3, 0.4) is 0 Å². The van der Waals surface area contributed by atoms with Crippen molar-refractivity contribution in [2.75, 3.05) is 0 Å². The standard InChI is InChI=1S/C13H21N3/c1-9(2)6-13-15-10(3)7-12(16-13)8-14-11-4-5-11/h7,9,11,14H,4-6,8H2,1-3H3. The fraction of sp³-hybridized carbons (Fsp3) is 0.692. The Bertz CT molecular complexity index is 356. The molecule has 1 aromatic rings. The Morgan fingerprint density at radius 2 is 2.12 bits per heavy atom. The van der Waals surface area contributed by atoms with Gasteiger partial charge in [-0.25, -0.2) is 9.97 Å². The van der Waals surface area contributed by atoms with Crippen molar-refractivity contribution in [1.82, 2.24) is 15.3 Å². The van der Waals surface area contributed by atoms with Gasteiger partial charge < -0.3 is 5.32 Å². The average Bonchev–Trinajstić information content (AvgIpc) is 2.95. The maximum Gasteiger partial charge on any atom is 0.129 e. The highest BCUT2D eigenvalue weighted by molar-refractivity contribution is 5.10. The predicted octanol–water partition coefficient (Wildman–Crippen LogP) is 2.24. The van der Waals surface area contributed by atoms with Gasteiger partial charge in [0.1, 0.15) is 5.82 Å². The van der Waals surface area contributed by atoms with E-state index in [4.69, 9.17) is 0 Å². The van der Waals surface area contributed by atoms with E-state index in [0.717, 1.165) is 36.2 Å². The topological polar surface area (TPSA) is 37.8 Å². The number of nitrogens with zero attached hydrogens (tertiary/aromatic N) is 2. The van der Waals surface area contributed by atoms with Gasteiger partial charge in [0, 0.05) is 24.7 Å². The Morgan fingerprint density at radius 1 is 1.38 bits per heavy atom. The van der Waals surface area contributed by atoms with Crippen LogP contribution in [0.5, 0.6) is 0 Å². The fourth-order valence-electron chi connectivity index (χ4n) is 1.78. The molecule has 0 atom stereocenters. The highest BCUT2D eigenvalue weighted by atomic mass is 15.0. The van der Waals surface area contributed by atoms with E-state index < -0.39 is 0 Å². The van der Waals surface area contributed by atoms with Crippen LogP contribution in [0.1, 0.15) is 43.9 Å². The summed E-state index contributed by atoms with van der Waals surface area (Å²) in [5.41, 5.74) is 2.22. The first-order valence-corrected chi connectivity index (χ1v) is 6.20. The molecule has 1 aromatic heterocycles. The van der Waals surface area contributed by atoms with Crippen LogP contribution in [0.4, 0.5) is 0 Å². The molecule has 0 bridgehead atoms. The summed E-state index contributed by atoms with van der Waals surface area (Å²) in [7, 11) is 0. The monoisotopic (exact) mass is 219 g/mol. The van der Waals surface area contributed by atoms with Gasteiger partial charge in [-0.05, 0) is 31.7 Å². The van der Waals surface area contributed by atoms with Gasteiger partial charge in [0.15, 0.2) is 0 Å². The lowest BCUT2D eigenvalue weighted by molar-refractivity contribution is 0.607. The zero-order valence-electron chi connectivity index (χ0n) is 10.5. The van der Waals surface area contributed by atoms with Crippen LogP contribution in [-0.4, -0.2) is 16.0 Å². The summed E-state index contributed by atoms with van der Waals surface area (Å²) in [6.07, 6.45) is 3.62. The molecule has 16 heavy (non-hydrogen) atoms. The van der Waals surface area contributed by atoms with Crippen molar-refractivity contribution in [3.05, 3.63) is 23.3 Å². The number of aromatic nitrogens is 2. The van der Waals surface area contributed by atoms with E-state index in [1.54, 1.807) is 0 Å². The molecule has 0 saturated heterocycles. The third kappa shape index (κ3) is 3.56. The Kier molecular flexibility index (Phi) is 3.54. The van der Waals surface area contributed by atoms with Crippen LogP contribution in [0.25, 0.3) is 0 Å². The number of aryl methyl sites for hydroxylation is 1. The Balaban J connectivity index is 2.01. The van der Waals surface area contributed by atoms with Gasteiger partial charge in [0.05, 0.1) is 5.69 Å². The molecule has 2 rings (SSSR count). The molecule has 88 valence electrons. The fourth-order valence-corrected chi connectivity index (χ4v) is 1.78. The molecule has 3 nitrogen and oxygen atoms in total. The molecule has 0 amide bonds. The molecular weight excluding hydrogens is 198 g/mol. The summed E-state index contributed by atoms with van der Waals surface area (Å²) in [5.74, 6) is 1.61. The van der Waals surface area contributed by atoms with Gasteiger partial charge >= 0.3 is 0 Å². The summed E-state index contributed by atoms with van der Waals surface area (Å²) in [6, 6.07) is 2.82. The molecule has 0 unspecified atom stereocenters. The van der Waals surface area contributed by atoms with E-state index in [1.165, 1.54) is 12.8 Å². The van der Waals surface area contributed by atoms with Crippen LogP contribution in [0.15, 0.2) is 6.07 Å². The Labute approximate surface area is 97.7 Å². The number of hydrogen-bond acceptors (Lipinski definition) is 3. The first-order valence-electron chi connectivity index (χ1n) is 6.20. The lowest BCUT2D eigenvalue weighted by Gasteiger charge is -2.08. The van der Waals surface area contributed by atoms with E-state index in [2.05, 4.69) is 35.2 Å². The zero-order chi connectivity index (χ0) is 11.5. The SMILES string of the molecule is Cc1cc(CNC2CC2)nc(CC(C)C)n1. The molecule has 0 aromatic carbocycles. The van der Waals surface area contributed by atoms with Crippen molar-refractivity contribution in [2.45, 2.75) is 52.6 Å². The molecular formula is C13H21N3. The first kappa shape index (κ1) is 11.5. The maximum absolute atomic E-state index is 4.60. The van der Waals surface area contributed by atoms with Crippen LogP contribution < -0.4 is 5.32 Å². The summed E-state index contributed by atoms with van der Waals surface area (Å²) >= 11 is 0. The van der Waals surface area contributed by atoms with Crippen molar-refractivity contribution < 1.29 is 0 Å². The summed E-state index contributed by atoms with van der Waals surface area (Å²) in [6.45, 7) is 7.34. The Hall–Kier alpha value is -0.960. The minimum atomic E-state index is 0.617. The lowest BCUT2D eigenvalue weighted by atomic mass is 10.1. The number of hydrogen-bond donors (Lipinski definition) is 1. The predicted molar refractivity (Wildman–Crippen MR) is 65.2 cm³/mol. The van der Waals surface area contributed by atoms with E-state index in [9.17, 15) is 0 Å². The highest BCUT2D eigenvalue weighted by Crippen LogP contribution is 2.19. The molecule has 1 saturated carbocycles. The second-order valence-corrected chi connectivity index (χ2v) is 5.17. The normalized spacial score (nSPS) is 15.8. The average molecular weight is 219 g/mol. The molecule has 1 heterocycles. The molecule has 0 aliphatic heterocycles. The minimum Gasteiger partial charge on any atom is -0.308 e. The maximum atomic E-state index is 4.60.